The van der Waals surface area contributed by atoms with Crippen LogP contribution >= 0.6 is 0 Å². The normalized spacial score (nSPS) is 12.3. The number of nitrogens with zero attached hydrogens (tertiary/aromatic N) is 4. The summed E-state index contributed by atoms with van der Waals surface area (Å²) in [6.07, 6.45) is 5.28. The third-order valence-corrected chi connectivity index (χ3v) is 3.43. The maximum absolute atomic E-state index is 5.77. The molecule has 0 aliphatic rings. The van der Waals surface area contributed by atoms with Crippen LogP contribution in [-0.2, 0) is 0 Å². The highest BCUT2D eigenvalue weighted by Gasteiger charge is 2.20. The molecule has 0 aliphatic carbocycles. The van der Waals surface area contributed by atoms with Gasteiger partial charge in [-0.05, 0) is 36.2 Å². The number of hydrazine groups is 1. The lowest BCUT2D eigenvalue weighted by Gasteiger charge is -2.18. The lowest BCUT2D eigenvalue weighted by molar-refractivity contribution is 0.591. The fourth-order valence-corrected chi connectivity index (χ4v) is 2.32. The Labute approximate surface area is 122 Å². The van der Waals surface area contributed by atoms with Crippen LogP contribution in [0, 0.1) is 6.92 Å². The van der Waals surface area contributed by atoms with E-state index in [0.717, 1.165) is 22.5 Å². The summed E-state index contributed by atoms with van der Waals surface area (Å²) in [5, 5.41) is 8.18. The van der Waals surface area contributed by atoms with Crippen molar-refractivity contribution in [1.29, 1.82) is 0 Å². The van der Waals surface area contributed by atoms with Crippen LogP contribution in [0.5, 0.6) is 0 Å². The highest BCUT2D eigenvalue weighted by molar-refractivity contribution is 5.36. The van der Waals surface area contributed by atoms with Gasteiger partial charge in [0.15, 0.2) is 0 Å². The van der Waals surface area contributed by atoms with E-state index >= 15 is 0 Å². The Kier molecular flexibility index (Phi) is 3.72. The minimum Gasteiger partial charge on any atom is -0.271 e. The third-order valence-electron chi connectivity index (χ3n) is 3.43. The van der Waals surface area contributed by atoms with Crippen molar-refractivity contribution in [3.05, 3.63) is 71.8 Å². The maximum atomic E-state index is 5.77. The van der Waals surface area contributed by atoms with E-state index in [4.69, 9.17) is 5.84 Å². The predicted octanol–water partition coefficient (Wildman–Crippen LogP) is 1.52. The second kappa shape index (κ2) is 5.82. The van der Waals surface area contributed by atoms with Crippen molar-refractivity contribution in [3.63, 3.8) is 0 Å². The molecule has 0 saturated heterocycles. The molecule has 1 atom stereocenters. The van der Waals surface area contributed by atoms with E-state index in [1.54, 1.807) is 17.1 Å². The van der Waals surface area contributed by atoms with Crippen molar-refractivity contribution in [1.82, 2.24) is 25.4 Å². The predicted molar refractivity (Wildman–Crippen MR) is 79.5 cm³/mol. The first-order valence-electron chi connectivity index (χ1n) is 6.64. The molecule has 1 aromatic carbocycles. The average Bonchev–Trinajstić information content (AvgIpc) is 3.00. The second-order valence-electron chi connectivity index (χ2n) is 4.74. The van der Waals surface area contributed by atoms with Gasteiger partial charge in [-0.2, -0.15) is 0 Å². The molecule has 21 heavy (non-hydrogen) atoms. The molecule has 6 nitrogen and oxygen atoms in total. The number of benzene rings is 1. The first kappa shape index (κ1) is 13.4. The number of nitrogens with two attached hydrogens (primary N) is 1. The van der Waals surface area contributed by atoms with E-state index in [-0.39, 0.29) is 6.04 Å². The van der Waals surface area contributed by atoms with Crippen molar-refractivity contribution in [2.75, 3.05) is 0 Å². The van der Waals surface area contributed by atoms with Crippen LogP contribution < -0.4 is 11.3 Å². The van der Waals surface area contributed by atoms with Gasteiger partial charge >= 0.3 is 0 Å². The Morgan fingerprint density at radius 1 is 1.14 bits per heavy atom. The molecule has 0 radical (unpaired) electrons. The summed E-state index contributed by atoms with van der Waals surface area (Å²) in [6.45, 7) is 2.03. The SMILES string of the molecule is Cc1ccncc1C(NN)c1cnnn1-c1ccccc1. The summed E-state index contributed by atoms with van der Waals surface area (Å²) >= 11 is 0. The summed E-state index contributed by atoms with van der Waals surface area (Å²) in [4.78, 5) is 4.18. The van der Waals surface area contributed by atoms with Gasteiger partial charge in [0.05, 0.1) is 23.6 Å². The van der Waals surface area contributed by atoms with Gasteiger partial charge in [-0.25, -0.2) is 10.1 Å². The van der Waals surface area contributed by atoms with Gasteiger partial charge in [-0.3, -0.25) is 10.8 Å². The Morgan fingerprint density at radius 3 is 2.67 bits per heavy atom. The fraction of sp³-hybridized carbons (Fsp3) is 0.133. The standard InChI is InChI=1S/C15H16N6/c1-11-7-8-17-9-13(11)15(19-16)14-10-18-20-21(14)12-5-3-2-4-6-12/h2-10,15,19H,16H2,1H3. The van der Waals surface area contributed by atoms with E-state index < -0.39 is 0 Å². The van der Waals surface area contributed by atoms with Gasteiger partial charge < -0.3 is 0 Å². The Balaban J connectivity index is 2.08. The van der Waals surface area contributed by atoms with Crippen molar-refractivity contribution in [2.45, 2.75) is 13.0 Å². The van der Waals surface area contributed by atoms with Gasteiger partial charge in [0.2, 0.25) is 0 Å². The quantitative estimate of drug-likeness (QED) is 0.559. The van der Waals surface area contributed by atoms with Crippen molar-refractivity contribution in [3.8, 4) is 5.69 Å². The Hall–Kier alpha value is -2.57. The molecule has 106 valence electrons. The number of para-hydroxylation sites is 1. The lowest BCUT2D eigenvalue weighted by Crippen LogP contribution is -2.31. The highest BCUT2D eigenvalue weighted by atomic mass is 15.4. The zero-order chi connectivity index (χ0) is 14.7. The Bertz CT molecular complexity index is 722. The molecule has 1 unspecified atom stereocenters. The summed E-state index contributed by atoms with van der Waals surface area (Å²) in [5.41, 5.74) is 6.73. The molecule has 2 aromatic heterocycles. The number of pyridine rings is 1. The molecule has 0 amide bonds. The molecule has 3 aromatic rings. The number of hydrogen-bond acceptors (Lipinski definition) is 5. The van der Waals surface area contributed by atoms with Gasteiger partial charge in [0.1, 0.15) is 0 Å². The van der Waals surface area contributed by atoms with Gasteiger partial charge in [-0.15, -0.1) is 5.10 Å². The summed E-state index contributed by atoms with van der Waals surface area (Å²) < 4.78 is 1.77. The molecule has 0 bridgehead atoms. The average molecular weight is 280 g/mol. The van der Waals surface area contributed by atoms with E-state index in [1.807, 2.05) is 49.5 Å². The van der Waals surface area contributed by atoms with Crippen LogP contribution in [-0.4, -0.2) is 20.0 Å². The van der Waals surface area contributed by atoms with Crippen LogP contribution in [0.4, 0.5) is 0 Å². The molecule has 0 saturated carbocycles. The van der Waals surface area contributed by atoms with E-state index in [2.05, 4.69) is 20.7 Å². The monoisotopic (exact) mass is 280 g/mol. The molecule has 6 heteroatoms. The molecule has 0 fully saturated rings. The van der Waals surface area contributed by atoms with E-state index in [1.165, 1.54) is 0 Å². The number of aromatic nitrogens is 4. The van der Waals surface area contributed by atoms with Crippen LogP contribution in [0.15, 0.2) is 55.0 Å². The number of nitrogens with one attached hydrogen (secondary N) is 1. The van der Waals surface area contributed by atoms with Crippen LogP contribution in [0.3, 0.4) is 0 Å². The number of hydrogen-bond donors (Lipinski definition) is 2. The van der Waals surface area contributed by atoms with Crippen molar-refractivity contribution >= 4 is 0 Å². The van der Waals surface area contributed by atoms with Crippen LogP contribution in [0.1, 0.15) is 22.9 Å². The summed E-state index contributed by atoms with van der Waals surface area (Å²) in [7, 11) is 0. The molecule has 2 heterocycles. The van der Waals surface area contributed by atoms with Gasteiger partial charge in [0, 0.05) is 12.4 Å². The summed E-state index contributed by atoms with van der Waals surface area (Å²) in [5.74, 6) is 5.77. The highest BCUT2D eigenvalue weighted by Crippen LogP contribution is 2.24. The molecular weight excluding hydrogens is 264 g/mol. The maximum Gasteiger partial charge on any atom is 0.0916 e. The minimum atomic E-state index is -0.228. The van der Waals surface area contributed by atoms with Crippen LogP contribution in [0.25, 0.3) is 5.69 Å². The van der Waals surface area contributed by atoms with Crippen molar-refractivity contribution < 1.29 is 0 Å². The molecule has 3 N–H and O–H groups in total. The third kappa shape index (κ3) is 2.54. The first-order chi connectivity index (χ1) is 10.3. The molecule has 3 rings (SSSR count). The summed E-state index contributed by atoms with van der Waals surface area (Å²) in [6, 6.07) is 11.6. The molecular formula is C15H16N6. The number of rotatable bonds is 4. The van der Waals surface area contributed by atoms with Gasteiger partial charge in [-0.1, -0.05) is 23.4 Å². The van der Waals surface area contributed by atoms with E-state index in [0.29, 0.717) is 0 Å². The van der Waals surface area contributed by atoms with Gasteiger partial charge in [0.25, 0.3) is 0 Å². The largest absolute Gasteiger partial charge is 0.271 e. The minimum absolute atomic E-state index is 0.228. The number of aryl methyl sites for hydroxylation is 1. The zero-order valence-corrected chi connectivity index (χ0v) is 11.6. The lowest BCUT2D eigenvalue weighted by atomic mass is 10.0. The topological polar surface area (TPSA) is 81.7 Å². The van der Waals surface area contributed by atoms with E-state index in [9.17, 15) is 0 Å². The van der Waals surface area contributed by atoms with Crippen LogP contribution in [0.2, 0.25) is 0 Å². The fourth-order valence-electron chi connectivity index (χ4n) is 2.32. The molecule has 0 aliphatic heterocycles. The molecule has 0 spiro atoms. The first-order valence-corrected chi connectivity index (χ1v) is 6.64. The van der Waals surface area contributed by atoms with Crippen molar-refractivity contribution in [2.24, 2.45) is 5.84 Å². The smallest absolute Gasteiger partial charge is 0.0916 e. The zero-order valence-electron chi connectivity index (χ0n) is 11.6. The second-order valence-corrected chi connectivity index (χ2v) is 4.74. The Morgan fingerprint density at radius 2 is 1.95 bits per heavy atom.